The van der Waals surface area contributed by atoms with Crippen molar-refractivity contribution < 1.29 is 17.9 Å². The van der Waals surface area contributed by atoms with Gasteiger partial charge in [-0.1, -0.05) is 60.7 Å². The number of methoxy groups -OCH3 is 1. The summed E-state index contributed by atoms with van der Waals surface area (Å²) in [7, 11) is -2.92. The molecule has 0 aliphatic heterocycles. The van der Waals surface area contributed by atoms with Crippen molar-refractivity contribution in [2.24, 2.45) is 5.73 Å². The second-order valence-electron chi connectivity index (χ2n) is 6.54. The minimum atomic E-state index is -4.05. The second kappa shape index (κ2) is 8.97. The van der Waals surface area contributed by atoms with Crippen molar-refractivity contribution in [1.29, 1.82) is 0 Å². The number of nitrogens with two attached hydrogens (primary N) is 1. The largest absolute Gasteiger partial charge is 0.468 e. The number of benzene rings is 2. The van der Waals surface area contributed by atoms with E-state index >= 15 is 0 Å². The third kappa shape index (κ3) is 5.07. The van der Waals surface area contributed by atoms with E-state index in [4.69, 9.17) is 5.73 Å². The molecule has 0 aliphatic carbocycles. The summed E-state index contributed by atoms with van der Waals surface area (Å²) in [4.78, 5) is 11.6. The summed E-state index contributed by atoms with van der Waals surface area (Å²) >= 11 is 0. The fraction of sp³-hybridized carbons (Fsp3) is 0.250. The number of carbonyl (C=O) groups is 1. The number of hydrogen-bond donors (Lipinski definition) is 1. The zero-order chi connectivity index (χ0) is 20.9. The Labute approximate surface area is 169 Å². The maximum Gasteiger partial charge on any atom is 0.321 e. The highest BCUT2D eigenvalue weighted by atomic mass is 32.2. The fourth-order valence-corrected chi connectivity index (χ4v) is 4.17. The molecule has 2 N–H and O–H groups in total. The van der Waals surface area contributed by atoms with Crippen LogP contribution in [0.15, 0.2) is 65.8 Å². The van der Waals surface area contributed by atoms with Crippen LogP contribution in [-0.4, -0.2) is 42.0 Å². The minimum Gasteiger partial charge on any atom is -0.468 e. The van der Waals surface area contributed by atoms with Crippen LogP contribution < -0.4 is 5.73 Å². The van der Waals surface area contributed by atoms with E-state index in [0.717, 1.165) is 18.2 Å². The van der Waals surface area contributed by atoms with E-state index < -0.39 is 27.6 Å². The number of hydrogen-bond acceptors (Lipinski definition) is 7. The van der Waals surface area contributed by atoms with Crippen LogP contribution in [0, 0.1) is 0 Å². The van der Waals surface area contributed by atoms with E-state index in [2.05, 4.69) is 14.9 Å². The molecule has 0 bridgehead atoms. The number of aromatic nitrogens is 3. The number of carbonyl (C=O) groups excluding carboxylic acids is 1. The molecule has 9 heteroatoms. The molecule has 0 fully saturated rings. The fourth-order valence-electron chi connectivity index (χ4n) is 2.96. The SMILES string of the molecule is COC(=O)CS(=O)(=O)c1nnc([C@@H](N)Cc2ccccc2)n1Cc1ccccc1. The van der Waals surface area contributed by atoms with Gasteiger partial charge in [-0.2, -0.15) is 0 Å². The van der Waals surface area contributed by atoms with Gasteiger partial charge in [-0.25, -0.2) is 8.42 Å². The minimum absolute atomic E-state index is 0.210. The Bertz CT molecular complexity index is 1070. The number of sulfone groups is 1. The summed E-state index contributed by atoms with van der Waals surface area (Å²) in [5.74, 6) is -1.35. The molecule has 8 nitrogen and oxygen atoms in total. The maximum atomic E-state index is 12.7. The first-order chi connectivity index (χ1) is 13.9. The molecule has 29 heavy (non-hydrogen) atoms. The highest BCUT2D eigenvalue weighted by Gasteiger charge is 2.29. The van der Waals surface area contributed by atoms with Crippen LogP contribution in [0.1, 0.15) is 23.0 Å². The molecular weight excluding hydrogens is 392 g/mol. The van der Waals surface area contributed by atoms with Gasteiger partial charge in [0.25, 0.3) is 5.16 Å². The summed E-state index contributed by atoms with van der Waals surface area (Å²) in [6.07, 6.45) is 0.463. The summed E-state index contributed by atoms with van der Waals surface area (Å²) in [5.41, 5.74) is 8.21. The average molecular weight is 414 g/mol. The Hall–Kier alpha value is -3.04. The first-order valence-electron chi connectivity index (χ1n) is 8.97. The highest BCUT2D eigenvalue weighted by molar-refractivity contribution is 7.91. The molecule has 0 unspecified atom stereocenters. The van der Waals surface area contributed by atoms with Crippen LogP contribution in [0.3, 0.4) is 0 Å². The molecule has 3 rings (SSSR count). The third-order valence-corrected chi connectivity index (χ3v) is 5.85. The van der Waals surface area contributed by atoms with Gasteiger partial charge in [-0.3, -0.25) is 9.36 Å². The van der Waals surface area contributed by atoms with Crippen molar-refractivity contribution in [2.45, 2.75) is 24.2 Å². The van der Waals surface area contributed by atoms with Crippen LogP contribution in [0.25, 0.3) is 0 Å². The smallest absolute Gasteiger partial charge is 0.321 e. The van der Waals surface area contributed by atoms with Gasteiger partial charge in [0.15, 0.2) is 11.6 Å². The Morgan fingerprint density at radius 1 is 1.03 bits per heavy atom. The third-order valence-electron chi connectivity index (χ3n) is 4.37. The number of ether oxygens (including phenoxy) is 1. The monoisotopic (exact) mass is 414 g/mol. The lowest BCUT2D eigenvalue weighted by atomic mass is 10.1. The lowest BCUT2D eigenvalue weighted by Gasteiger charge is -2.15. The van der Waals surface area contributed by atoms with Crippen LogP contribution in [0.2, 0.25) is 0 Å². The molecule has 0 saturated carbocycles. The highest BCUT2D eigenvalue weighted by Crippen LogP contribution is 2.20. The standard InChI is InChI=1S/C20H22N4O4S/c1-28-18(25)14-29(26,27)20-23-22-19(17(21)12-15-8-4-2-5-9-15)24(20)13-16-10-6-3-7-11-16/h2-11,17H,12-14,21H2,1H3/t17-/m0/s1. The lowest BCUT2D eigenvalue weighted by Crippen LogP contribution is -2.24. The molecule has 1 heterocycles. The van der Waals surface area contributed by atoms with Crippen molar-refractivity contribution in [3.8, 4) is 0 Å². The second-order valence-corrected chi connectivity index (χ2v) is 8.43. The topological polar surface area (TPSA) is 117 Å². The normalized spacial score (nSPS) is 12.5. The summed E-state index contributed by atoms with van der Waals surface area (Å²) in [5, 5.41) is 7.64. The maximum absolute atomic E-state index is 12.7. The van der Waals surface area contributed by atoms with E-state index in [1.54, 1.807) is 0 Å². The van der Waals surface area contributed by atoms with Crippen molar-refractivity contribution >= 4 is 15.8 Å². The number of esters is 1. The zero-order valence-corrected chi connectivity index (χ0v) is 16.7. The van der Waals surface area contributed by atoms with Crippen LogP contribution in [-0.2, 0) is 32.3 Å². The Kier molecular flexibility index (Phi) is 6.40. The van der Waals surface area contributed by atoms with Crippen LogP contribution in [0.4, 0.5) is 0 Å². The molecule has 0 amide bonds. The quantitative estimate of drug-likeness (QED) is 0.555. The van der Waals surface area contributed by atoms with E-state index in [0.29, 0.717) is 12.2 Å². The molecule has 2 aromatic carbocycles. The van der Waals surface area contributed by atoms with Gasteiger partial charge in [0, 0.05) is 0 Å². The van der Waals surface area contributed by atoms with E-state index in [1.165, 1.54) is 4.57 Å². The molecule has 0 saturated heterocycles. The van der Waals surface area contributed by atoms with Gasteiger partial charge in [-0.05, 0) is 17.5 Å². The van der Waals surface area contributed by atoms with Gasteiger partial charge in [0.05, 0.1) is 19.7 Å². The van der Waals surface area contributed by atoms with Gasteiger partial charge in [-0.15, -0.1) is 10.2 Å². The van der Waals surface area contributed by atoms with Crippen LogP contribution >= 0.6 is 0 Å². The summed E-state index contributed by atoms with van der Waals surface area (Å²) < 4.78 is 31.4. The molecule has 1 atom stereocenters. The van der Waals surface area contributed by atoms with Gasteiger partial charge in [0.1, 0.15) is 0 Å². The van der Waals surface area contributed by atoms with Crippen molar-refractivity contribution in [3.63, 3.8) is 0 Å². The average Bonchev–Trinajstić information content (AvgIpc) is 3.14. The molecular formula is C20H22N4O4S. The van der Waals surface area contributed by atoms with Gasteiger partial charge >= 0.3 is 5.97 Å². The molecule has 3 aromatic rings. The van der Waals surface area contributed by atoms with Crippen molar-refractivity contribution in [3.05, 3.63) is 77.6 Å². The Balaban J connectivity index is 1.99. The molecule has 152 valence electrons. The van der Waals surface area contributed by atoms with E-state index in [1.807, 2.05) is 60.7 Å². The van der Waals surface area contributed by atoms with Crippen molar-refractivity contribution in [2.75, 3.05) is 12.9 Å². The molecule has 0 radical (unpaired) electrons. The number of nitrogens with zero attached hydrogens (tertiary/aromatic N) is 3. The zero-order valence-electron chi connectivity index (χ0n) is 15.9. The first kappa shape index (κ1) is 20.7. The van der Waals surface area contributed by atoms with E-state index in [9.17, 15) is 13.2 Å². The number of rotatable bonds is 8. The van der Waals surface area contributed by atoms with Gasteiger partial charge < -0.3 is 10.5 Å². The molecule has 0 spiro atoms. The first-order valence-corrected chi connectivity index (χ1v) is 10.6. The lowest BCUT2D eigenvalue weighted by molar-refractivity contribution is -0.137. The predicted molar refractivity (Wildman–Crippen MR) is 107 cm³/mol. The summed E-state index contributed by atoms with van der Waals surface area (Å²) in [6.45, 7) is 0.210. The van der Waals surface area contributed by atoms with Crippen LogP contribution in [0.5, 0.6) is 0 Å². The van der Waals surface area contributed by atoms with E-state index in [-0.39, 0.29) is 11.7 Å². The van der Waals surface area contributed by atoms with Gasteiger partial charge in [0.2, 0.25) is 9.84 Å². The Morgan fingerprint density at radius 3 is 2.21 bits per heavy atom. The Morgan fingerprint density at radius 2 is 1.62 bits per heavy atom. The summed E-state index contributed by atoms with van der Waals surface area (Å²) in [6, 6.07) is 18.3. The molecule has 0 aliphatic rings. The molecule has 1 aromatic heterocycles. The predicted octanol–water partition coefficient (Wildman–Crippen LogP) is 1.52. The van der Waals surface area contributed by atoms with Crippen molar-refractivity contribution in [1.82, 2.24) is 14.8 Å².